The van der Waals surface area contributed by atoms with Crippen LogP contribution in [-0.4, -0.2) is 37.1 Å². The first kappa shape index (κ1) is 21.0. The van der Waals surface area contributed by atoms with Gasteiger partial charge < -0.3 is 15.0 Å². The molecule has 1 amide bonds. The van der Waals surface area contributed by atoms with E-state index in [1.165, 1.54) is 12.1 Å². The third-order valence-electron chi connectivity index (χ3n) is 4.87. The van der Waals surface area contributed by atoms with Crippen LogP contribution in [0.2, 0.25) is 0 Å². The number of carbonyl (C=O) groups is 1. The second kappa shape index (κ2) is 9.20. The molecular weight excluding hydrogens is 384 g/mol. The Balaban J connectivity index is 1.88. The minimum atomic E-state index is -0.564. The molecule has 0 unspecified atom stereocenters. The number of carbonyl (C=O) groups excluding carboxylic acids is 1. The molecule has 8 nitrogen and oxygen atoms in total. The molecule has 2 aromatic carbocycles. The highest BCUT2D eigenvalue weighted by Crippen LogP contribution is 2.30. The van der Waals surface area contributed by atoms with Crippen molar-refractivity contribution in [3.8, 4) is 6.07 Å². The maximum atomic E-state index is 12.6. The Morgan fingerprint density at radius 2 is 1.97 bits per heavy atom. The van der Waals surface area contributed by atoms with Gasteiger partial charge in [-0.3, -0.25) is 14.9 Å². The molecule has 1 heterocycles. The van der Waals surface area contributed by atoms with Crippen LogP contribution in [0.4, 0.5) is 17.1 Å². The van der Waals surface area contributed by atoms with Crippen molar-refractivity contribution in [3.05, 3.63) is 68.8 Å². The summed E-state index contributed by atoms with van der Waals surface area (Å²) in [5, 5.41) is 23.8. The Labute approximate surface area is 174 Å². The number of nitro groups is 1. The summed E-state index contributed by atoms with van der Waals surface area (Å²) in [6.07, 6.45) is 1.36. The Bertz CT molecular complexity index is 1050. The monoisotopic (exact) mass is 406 g/mol. The van der Waals surface area contributed by atoms with E-state index in [1.54, 1.807) is 12.1 Å². The fourth-order valence-electron chi connectivity index (χ4n) is 3.22. The lowest BCUT2D eigenvalue weighted by molar-refractivity contribution is -0.384. The van der Waals surface area contributed by atoms with E-state index < -0.39 is 10.8 Å². The molecule has 0 spiro atoms. The molecule has 0 aliphatic carbocycles. The number of aryl methyl sites for hydroxylation is 2. The molecule has 30 heavy (non-hydrogen) atoms. The van der Waals surface area contributed by atoms with Gasteiger partial charge in [0.15, 0.2) is 0 Å². The highest BCUT2D eigenvalue weighted by atomic mass is 16.6. The molecule has 154 valence electrons. The van der Waals surface area contributed by atoms with Crippen LogP contribution >= 0.6 is 0 Å². The third-order valence-corrected chi connectivity index (χ3v) is 4.87. The standard InChI is InChI=1S/C22H22N4O4/c1-15-3-4-16(2)19(11-15)24-22(27)18(14-23)12-17-5-6-20(21(13-17)26(28)29)25-7-9-30-10-8-25/h3-6,11-13H,7-10H2,1-2H3,(H,24,27)/b18-12-. The van der Waals surface area contributed by atoms with Crippen molar-refractivity contribution in [2.45, 2.75) is 13.8 Å². The quantitative estimate of drug-likeness (QED) is 0.352. The van der Waals surface area contributed by atoms with Gasteiger partial charge in [-0.15, -0.1) is 0 Å². The van der Waals surface area contributed by atoms with Gasteiger partial charge in [0, 0.05) is 24.8 Å². The number of ether oxygens (including phenoxy) is 1. The summed E-state index contributed by atoms with van der Waals surface area (Å²) in [6.45, 7) is 5.92. The summed E-state index contributed by atoms with van der Waals surface area (Å²) in [5.74, 6) is -0.564. The molecule has 1 fully saturated rings. The van der Waals surface area contributed by atoms with Crippen molar-refractivity contribution in [3.63, 3.8) is 0 Å². The topological polar surface area (TPSA) is 108 Å². The average molecular weight is 406 g/mol. The largest absolute Gasteiger partial charge is 0.378 e. The summed E-state index contributed by atoms with van der Waals surface area (Å²) < 4.78 is 5.30. The minimum Gasteiger partial charge on any atom is -0.378 e. The van der Waals surface area contributed by atoms with Crippen molar-refractivity contribution < 1.29 is 14.5 Å². The fourth-order valence-corrected chi connectivity index (χ4v) is 3.22. The second-order valence-corrected chi connectivity index (χ2v) is 7.05. The van der Waals surface area contributed by atoms with Crippen molar-refractivity contribution >= 4 is 29.0 Å². The van der Waals surface area contributed by atoms with Gasteiger partial charge in [-0.2, -0.15) is 5.26 Å². The molecule has 0 bridgehead atoms. The number of morpholine rings is 1. The fraction of sp³-hybridized carbons (Fsp3) is 0.273. The van der Waals surface area contributed by atoms with E-state index in [-0.39, 0.29) is 11.3 Å². The Hall–Kier alpha value is -3.70. The van der Waals surface area contributed by atoms with Crippen LogP contribution < -0.4 is 10.2 Å². The van der Waals surface area contributed by atoms with Crippen molar-refractivity contribution in [2.75, 3.05) is 36.5 Å². The van der Waals surface area contributed by atoms with Crippen LogP contribution in [0.3, 0.4) is 0 Å². The molecule has 1 aliphatic rings. The Kier molecular flexibility index (Phi) is 6.45. The normalized spacial score (nSPS) is 14.2. The molecule has 1 aliphatic heterocycles. The molecule has 2 aromatic rings. The first-order valence-electron chi connectivity index (χ1n) is 9.50. The van der Waals surface area contributed by atoms with Crippen LogP contribution in [0, 0.1) is 35.3 Å². The van der Waals surface area contributed by atoms with Crippen LogP contribution in [0.5, 0.6) is 0 Å². The summed E-state index contributed by atoms with van der Waals surface area (Å²) in [4.78, 5) is 25.6. The van der Waals surface area contributed by atoms with E-state index in [4.69, 9.17) is 4.74 Å². The molecule has 1 saturated heterocycles. The lowest BCUT2D eigenvalue weighted by Gasteiger charge is -2.28. The summed E-state index contributed by atoms with van der Waals surface area (Å²) in [5.41, 5.74) is 3.17. The number of hydrogen-bond donors (Lipinski definition) is 1. The van der Waals surface area contributed by atoms with Crippen molar-refractivity contribution in [1.29, 1.82) is 5.26 Å². The maximum absolute atomic E-state index is 12.6. The first-order valence-corrected chi connectivity index (χ1v) is 9.50. The molecule has 3 rings (SSSR count). The summed E-state index contributed by atoms with van der Waals surface area (Å²) >= 11 is 0. The molecule has 0 atom stereocenters. The van der Waals surface area contributed by atoms with Gasteiger partial charge in [-0.25, -0.2) is 0 Å². The van der Waals surface area contributed by atoms with E-state index in [0.717, 1.165) is 11.1 Å². The number of nitriles is 1. The lowest BCUT2D eigenvalue weighted by atomic mass is 10.1. The molecule has 0 radical (unpaired) electrons. The molecule has 8 heteroatoms. The molecule has 0 saturated carbocycles. The minimum absolute atomic E-state index is 0.0714. The third kappa shape index (κ3) is 4.82. The number of nitrogens with one attached hydrogen (secondary N) is 1. The number of nitro benzene ring substituents is 1. The first-order chi connectivity index (χ1) is 14.4. The summed E-state index contributed by atoms with van der Waals surface area (Å²) in [7, 11) is 0. The van der Waals surface area contributed by atoms with Crippen LogP contribution in [0.15, 0.2) is 42.0 Å². The number of nitrogens with zero attached hydrogens (tertiary/aromatic N) is 3. The number of benzene rings is 2. The molecule has 0 aromatic heterocycles. The van der Waals surface area contributed by atoms with Gasteiger partial charge in [0.25, 0.3) is 11.6 Å². The zero-order valence-electron chi connectivity index (χ0n) is 16.8. The lowest BCUT2D eigenvalue weighted by Crippen LogP contribution is -2.36. The Morgan fingerprint density at radius 1 is 1.23 bits per heavy atom. The average Bonchev–Trinajstić information content (AvgIpc) is 2.75. The van der Waals surface area contributed by atoms with Gasteiger partial charge in [0.1, 0.15) is 17.3 Å². The molecular formula is C22H22N4O4. The van der Waals surface area contributed by atoms with E-state index >= 15 is 0 Å². The van der Waals surface area contributed by atoms with E-state index in [9.17, 15) is 20.2 Å². The van der Waals surface area contributed by atoms with Gasteiger partial charge in [0.05, 0.1) is 18.1 Å². The number of amides is 1. The smallest absolute Gasteiger partial charge is 0.293 e. The van der Waals surface area contributed by atoms with Crippen LogP contribution in [0.1, 0.15) is 16.7 Å². The van der Waals surface area contributed by atoms with Gasteiger partial charge in [-0.1, -0.05) is 18.2 Å². The number of rotatable bonds is 5. The van der Waals surface area contributed by atoms with Crippen LogP contribution in [-0.2, 0) is 9.53 Å². The predicted octanol–water partition coefficient (Wildman–Crippen LogP) is 3.59. The Morgan fingerprint density at radius 3 is 2.63 bits per heavy atom. The van der Waals surface area contributed by atoms with E-state index in [2.05, 4.69) is 5.32 Å². The van der Waals surface area contributed by atoms with Crippen molar-refractivity contribution in [2.24, 2.45) is 0 Å². The van der Waals surface area contributed by atoms with E-state index in [0.29, 0.717) is 43.2 Å². The number of hydrogen-bond acceptors (Lipinski definition) is 6. The zero-order valence-corrected chi connectivity index (χ0v) is 16.8. The van der Waals surface area contributed by atoms with Gasteiger partial charge in [-0.05, 0) is 48.7 Å². The predicted molar refractivity (Wildman–Crippen MR) is 114 cm³/mol. The zero-order chi connectivity index (χ0) is 21.7. The summed E-state index contributed by atoms with van der Waals surface area (Å²) in [6, 6.07) is 12.2. The van der Waals surface area contributed by atoms with Gasteiger partial charge in [0.2, 0.25) is 0 Å². The van der Waals surface area contributed by atoms with Crippen LogP contribution in [0.25, 0.3) is 6.08 Å². The second-order valence-electron chi connectivity index (χ2n) is 7.05. The maximum Gasteiger partial charge on any atom is 0.293 e. The van der Waals surface area contributed by atoms with Gasteiger partial charge >= 0.3 is 0 Å². The SMILES string of the molecule is Cc1ccc(C)c(NC(=O)/C(C#N)=C\c2ccc(N3CCOCC3)c([N+](=O)[O-])c2)c1. The highest BCUT2D eigenvalue weighted by Gasteiger charge is 2.22. The van der Waals surface area contributed by atoms with Crippen molar-refractivity contribution in [1.82, 2.24) is 0 Å². The molecule has 1 N–H and O–H groups in total. The van der Waals surface area contributed by atoms with E-state index in [1.807, 2.05) is 43.0 Å². The number of anilines is 2. The highest BCUT2D eigenvalue weighted by molar-refractivity contribution is 6.10.